The van der Waals surface area contributed by atoms with Crippen molar-refractivity contribution in [1.82, 2.24) is 5.48 Å². The Hall–Kier alpha value is -1.39. The van der Waals surface area contributed by atoms with Gasteiger partial charge in [-0.3, -0.25) is 9.63 Å². The number of nitrogens with one attached hydrogen (secondary N) is 1. The van der Waals surface area contributed by atoms with Crippen LogP contribution in [0.4, 0.5) is 0 Å². The molecular formula is C12H18N2O2. The zero-order valence-corrected chi connectivity index (χ0v) is 9.48. The lowest BCUT2D eigenvalue weighted by atomic mass is 10.1. The third-order valence-electron chi connectivity index (χ3n) is 2.40. The Kier molecular flexibility index (Phi) is 5.53. The number of amides is 1. The molecule has 0 saturated carbocycles. The number of hydrogen-bond acceptors (Lipinski definition) is 3. The molecule has 0 aliphatic rings. The van der Waals surface area contributed by atoms with Gasteiger partial charge in [-0.25, -0.2) is 5.48 Å². The molecule has 0 aliphatic heterocycles. The molecule has 4 nitrogen and oxygen atoms in total. The third-order valence-corrected chi connectivity index (χ3v) is 2.40. The molecule has 1 atom stereocenters. The predicted molar refractivity (Wildman–Crippen MR) is 62.2 cm³/mol. The molecule has 0 bridgehead atoms. The Labute approximate surface area is 95.7 Å². The molecule has 3 N–H and O–H groups in total. The van der Waals surface area contributed by atoms with Crippen molar-refractivity contribution in [2.45, 2.75) is 20.0 Å². The maximum Gasteiger partial charge on any atom is 0.247 e. The summed E-state index contributed by atoms with van der Waals surface area (Å²) in [4.78, 5) is 16.6. The fraction of sp³-hybridized carbons (Fsp3) is 0.417. The minimum atomic E-state index is -0.171. The van der Waals surface area contributed by atoms with Crippen LogP contribution in [0.5, 0.6) is 0 Å². The number of rotatable bonds is 6. The number of hydrogen-bond donors (Lipinski definition) is 2. The molecule has 0 fully saturated rings. The monoisotopic (exact) mass is 222 g/mol. The highest BCUT2D eigenvalue weighted by Crippen LogP contribution is 2.02. The van der Waals surface area contributed by atoms with Gasteiger partial charge in [-0.2, -0.15) is 0 Å². The van der Waals surface area contributed by atoms with E-state index in [1.807, 2.05) is 37.3 Å². The Morgan fingerprint density at radius 3 is 2.69 bits per heavy atom. The lowest BCUT2D eigenvalue weighted by Gasteiger charge is -2.12. The number of carbonyl (C=O) groups is 1. The standard InChI is InChI=1S/C12H18N2O2/c1-2-11(8-13)12(15)14-16-9-10-6-4-3-5-7-10/h3-7,11H,2,8-9,13H2,1H3,(H,14,15). The molecule has 4 heteroatoms. The van der Waals surface area contributed by atoms with E-state index in [-0.39, 0.29) is 11.8 Å². The summed E-state index contributed by atoms with van der Waals surface area (Å²) in [5.74, 6) is -0.322. The van der Waals surface area contributed by atoms with Crippen LogP contribution in [0.1, 0.15) is 18.9 Å². The van der Waals surface area contributed by atoms with Gasteiger partial charge in [0.15, 0.2) is 0 Å². The first-order valence-electron chi connectivity index (χ1n) is 5.43. The highest BCUT2D eigenvalue weighted by molar-refractivity contribution is 5.77. The van der Waals surface area contributed by atoms with Crippen LogP contribution in [0.2, 0.25) is 0 Å². The van der Waals surface area contributed by atoms with Crippen molar-refractivity contribution in [2.24, 2.45) is 11.7 Å². The molecule has 0 saturated heterocycles. The van der Waals surface area contributed by atoms with E-state index >= 15 is 0 Å². The molecule has 0 radical (unpaired) electrons. The van der Waals surface area contributed by atoms with Gasteiger partial charge in [0.1, 0.15) is 0 Å². The summed E-state index contributed by atoms with van der Waals surface area (Å²) >= 11 is 0. The van der Waals surface area contributed by atoms with Crippen molar-refractivity contribution < 1.29 is 9.63 Å². The smallest absolute Gasteiger partial charge is 0.247 e. The Morgan fingerprint density at radius 1 is 1.44 bits per heavy atom. The van der Waals surface area contributed by atoms with E-state index in [1.54, 1.807) is 0 Å². The van der Waals surface area contributed by atoms with Gasteiger partial charge in [0.2, 0.25) is 5.91 Å². The van der Waals surface area contributed by atoms with Crippen LogP contribution in [0.15, 0.2) is 30.3 Å². The minimum Gasteiger partial charge on any atom is -0.330 e. The van der Waals surface area contributed by atoms with Crippen LogP contribution in [0.3, 0.4) is 0 Å². The van der Waals surface area contributed by atoms with Crippen LogP contribution < -0.4 is 11.2 Å². The predicted octanol–water partition coefficient (Wildman–Crippen LogP) is 1.22. The third kappa shape index (κ3) is 4.00. The summed E-state index contributed by atoms with van der Waals surface area (Å²) in [7, 11) is 0. The second-order valence-electron chi connectivity index (χ2n) is 3.58. The first-order valence-corrected chi connectivity index (χ1v) is 5.43. The zero-order valence-electron chi connectivity index (χ0n) is 9.48. The number of benzene rings is 1. The van der Waals surface area contributed by atoms with Gasteiger partial charge in [-0.15, -0.1) is 0 Å². The molecule has 0 aliphatic carbocycles. The lowest BCUT2D eigenvalue weighted by molar-refractivity contribution is -0.138. The van der Waals surface area contributed by atoms with Gasteiger partial charge in [-0.05, 0) is 12.0 Å². The molecule has 1 amide bonds. The number of hydroxylamine groups is 1. The molecule has 0 aromatic heterocycles. The Bertz CT molecular complexity index is 310. The van der Waals surface area contributed by atoms with Crippen molar-refractivity contribution in [1.29, 1.82) is 0 Å². The Morgan fingerprint density at radius 2 is 2.12 bits per heavy atom. The fourth-order valence-corrected chi connectivity index (χ4v) is 1.31. The van der Waals surface area contributed by atoms with Crippen LogP contribution >= 0.6 is 0 Å². The topological polar surface area (TPSA) is 64.4 Å². The SMILES string of the molecule is CCC(CN)C(=O)NOCc1ccccc1. The van der Waals surface area contributed by atoms with Crippen molar-refractivity contribution in [2.75, 3.05) is 6.54 Å². The van der Waals surface area contributed by atoms with E-state index in [0.29, 0.717) is 13.2 Å². The molecule has 16 heavy (non-hydrogen) atoms. The van der Waals surface area contributed by atoms with Crippen molar-refractivity contribution >= 4 is 5.91 Å². The van der Waals surface area contributed by atoms with Gasteiger partial charge in [0.25, 0.3) is 0 Å². The van der Waals surface area contributed by atoms with Gasteiger partial charge < -0.3 is 5.73 Å². The van der Waals surface area contributed by atoms with E-state index < -0.39 is 0 Å². The second kappa shape index (κ2) is 6.98. The van der Waals surface area contributed by atoms with Gasteiger partial charge in [0.05, 0.1) is 12.5 Å². The average molecular weight is 222 g/mol. The van der Waals surface area contributed by atoms with Gasteiger partial charge >= 0.3 is 0 Å². The molecule has 1 aromatic rings. The van der Waals surface area contributed by atoms with Crippen LogP contribution in [0.25, 0.3) is 0 Å². The lowest BCUT2D eigenvalue weighted by Crippen LogP contribution is -2.34. The summed E-state index contributed by atoms with van der Waals surface area (Å²) in [6, 6.07) is 9.66. The summed E-state index contributed by atoms with van der Waals surface area (Å²) in [6.07, 6.45) is 0.719. The summed E-state index contributed by atoms with van der Waals surface area (Å²) in [5.41, 5.74) is 8.88. The number of nitrogens with two attached hydrogens (primary N) is 1. The minimum absolute atomic E-state index is 0.152. The Balaban J connectivity index is 2.28. The largest absolute Gasteiger partial charge is 0.330 e. The van der Waals surface area contributed by atoms with Crippen molar-refractivity contribution in [3.8, 4) is 0 Å². The van der Waals surface area contributed by atoms with Gasteiger partial charge in [0, 0.05) is 6.54 Å². The van der Waals surface area contributed by atoms with Crippen molar-refractivity contribution in [3.05, 3.63) is 35.9 Å². The summed E-state index contributed by atoms with van der Waals surface area (Å²) in [6.45, 7) is 2.64. The van der Waals surface area contributed by atoms with Crippen molar-refractivity contribution in [3.63, 3.8) is 0 Å². The second-order valence-corrected chi connectivity index (χ2v) is 3.58. The maximum atomic E-state index is 11.5. The maximum absolute atomic E-state index is 11.5. The zero-order chi connectivity index (χ0) is 11.8. The van der Waals surface area contributed by atoms with Gasteiger partial charge in [-0.1, -0.05) is 37.3 Å². The fourth-order valence-electron chi connectivity index (χ4n) is 1.31. The molecule has 1 aromatic carbocycles. The summed E-state index contributed by atoms with van der Waals surface area (Å²) < 4.78 is 0. The quantitative estimate of drug-likeness (QED) is 0.711. The molecule has 1 rings (SSSR count). The molecule has 0 spiro atoms. The van der Waals surface area contributed by atoms with E-state index in [9.17, 15) is 4.79 Å². The molecule has 1 unspecified atom stereocenters. The van der Waals surface area contributed by atoms with Crippen LogP contribution in [-0.4, -0.2) is 12.5 Å². The average Bonchev–Trinajstić information content (AvgIpc) is 2.32. The normalized spacial score (nSPS) is 12.1. The van der Waals surface area contributed by atoms with E-state index in [4.69, 9.17) is 10.6 Å². The number of carbonyl (C=O) groups excluding carboxylic acids is 1. The van der Waals surface area contributed by atoms with Crippen LogP contribution in [0, 0.1) is 5.92 Å². The van der Waals surface area contributed by atoms with E-state index in [1.165, 1.54) is 0 Å². The first kappa shape index (κ1) is 12.7. The first-order chi connectivity index (χ1) is 7.77. The molecular weight excluding hydrogens is 204 g/mol. The highest BCUT2D eigenvalue weighted by atomic mass is 16.6. The van der Waals surface area contributed by atoms with E-state index in [2.05, 4.69) is 5.48 Å². The van der Waals surface area contributed by atoms with Crippen LogP contribution in [-0.2, 0) is 16.2 Å². The summed E-state index contributed by atoms with van der Waals surface area (Å²) in [5, 5.41) is 0. The highest BCUT2D eigenvalue weighted by Gasteiger charge is 2.13. The molecule has 88 valence electrons. The molecule has 0 heterocycles. The van der Waals surface area contributed by atoms with E-state index in [0.717, 1.165) is 12.0 Å².